The topological polar surface area (TPSA) is 130 Å². The van der Waals surface area contributed by atoms with Gasteiger partial charge in [0.2, 0.25) is 0 Å². The van der Waals surface area contributed by atoms with Gasteiger partial charge in [0.1, 0.15) is 24.6 Å². The summed E-state index contributed by atoms with van der Waals surface area (Å²) in [7, 11) is 0. The second kappa shape index (κ2) is 12.9. The minimum Gasteiger partial charge on any atom is -0.345 e. The lowest BCUT2D eigenvalue weighted by Gasteiger charge is -2.24. The molecule has 2 amide bonds. The Balaban J connectivity index is 1.19. The Labute approximate surface area is 270 Å². The van der Waals surface area contributed by atoms with E-state index in [1.165, 1.54) is 6.33 Å². The molecule has 0 radical (unpaired) electrons. The average molecular weight is 633 g/mol. The Morgan fingerprint density at radius 2 is 1.49 bits per heavy atom. The van der Waals surface area contributed by atoms with E-state index in [0.717, 1.165) is 10.5 Å². The maximum absolute atomic E-state index is 13.9. The number of carbonyl (C=O) groups excluding carboxylic acids is 2. The highest BCUT2D eigenvalue weighted by Gasteiger charge is 2.55. The number of amides is 2. The SMILES string of the molecule is CC1(C)O[C@@H]2[C@H](O1)[C@@H](C=CNOCc1ccccc1)O[C@H]2n1cnc2c(N(C(=O)c3ccccc3)C(=O)c3ccccc3)ncnc21. The third kappa shape index (κ3) is 6.14. The first-order valence-electron chi connectivity index (χ1n) is 15.1. The van der Waals surface area contributed by atoms with Crippen molar-refractivity contribution in [3.8, 4) is 0 Å². The van der Waals surface area contributed by atoms with Crippen LogP contribution in [0.15, 0.2) is 116 Å². The Hall–Kier alpha value is -5.27. The molecule has 3 aromatic carbocycles. The van der Waals surface area contributed by atoms with Crippen molar-refractivity contribution in [2.75, 3.05) is 4.90 Å². The van der Waals surface area contributed by atoms with E-state index in [9.17, 15) is 9.59 Å². The van der Waals surface area contributed by atoms with Gasteiger partial charge in [-0.3, -0.25) is 24.5 Å². The van der Waals surface area contributed by atoms with Gasteiger partial charge in [0, 0.05) is 17.3 Å². The summed E-state index contributed by atoms with van der Waals surface area (Å²) >= 11 is 0. The fourth-order valence-electron chi connectivity index (χ4n) is 5.76. The number of hydrogen-bond donors (Lipinski definition) is 1. The van der Waals surface area contributed by atoms with Crippen LogP contribution >= 0.6 is 0 Å². The van der Waals surface area contributed by atoms with E-state index in [1.54, 1.807) is 77.8 Å². The van der Waals surface area contributed by atoms with Crippen LogP contribution in [0, 0.1) is 0 Å². The fourth-order valence-corrected chi connectivity index (χ4v) is 5.76. The number of nitrogens with one attached hydrogen (secondary N) is 1. The van der Waals surface area contributed by atoms with Crippen LogP contribution in [0.4, 0.5) is 5.82 Å². The summed E-state index contributed by atoms with van der Waals surface area (Å²) in [6, 6.07) is 26.9. The molecule has 0 unspecified atom stereocenters. The molecule has 238 valence electrons. The maximum Gasteiger partial charge on any atom is 0.266 e. The number of anilines is 1. The van der Waals surface area contributed by atoms with Gasteiger partial charge >= 0.3 is 0 Å². The molecule has 47 heavy (non-hydrogen) atoms. The molecule has 0 spiro atoms. The van der Waals surface area contributed by atoms with Crippen molar-refractivity contribution in [3.05, 3.63) is 133 Å². The van der Waals surface area contributed by atoms with Crippen LogP contribution in [0.1, 0.15) is 46.4 Å². The van der Waals surface area contributed by atoms with E-state index in [-0.39, 0.29) is 11.3 Å². The fraction of sp³-hybridized carbons (Fsp3) is 0.229. The Kier molecular flexibility index (Phi) is 8.31. The molecule has 12 heteroatoms. The van der Waals surface area contributed by atoms with Gasteiger partial charge in [-0.2, -0.15) is 0 Å². The van der Waals surface area contributed by atoms with Crippen molar-refractivity contribution in [2.45, 2.75) is 50.8 Å². The number of benzene rings is 3. The number of hydroxylamine groups is 1. The lowest BCUT2D eigenvalue weighted by Crippen LogP contribution is -2.38. The second-order valence-electron chi connectivity index (χ2n) is 11.5. The van der Waals surface area contributed by atoms with E-state index >= 15 is 0 Å². The van der Waals surface area contributed by atoms with Crippen molar-refractivity contribution in [2.24, 2.45) is 0 Å². The zero-order valence-electron chi connectivity index (χ0n) is 25.7. The maximum atomic E-state index is 13.9. The average Bonchev–Trinajstić information content (AvgIpc) is 3.77. The van der Waals surface area contributed by atoms with Crippen LogP contribution < -0.4 is 10.4 Å². The lowest BCUT2D eigenvalue weighted by molar-refractivity contribution is -0.191. The molecule has 5 aromatic rings. The number of fused-ring (bicyclic) bond motifs is 2. The van der Waals surface area contributed by atoms with Gasteiger partial charge in [0.15, 0.2) is 29.0 Å². The summed E-state index contributed by atoms with van der Waals surface area (Å²) in [4.78, 5) is 47.9. The van der Waals surface area contributed by atoms with Crippen LogP contribution in [0.3, 0.4) is 0 Å². The smallest absolute Gasteiger partial charge is 0.266 e. The van der Waals surface area contributed by atoms with Crippen LogP contribution in [0.5, 0.6) is 0 Å². The van der Waals surface area contributed by atoms with E-state index < -0.39 is 42.1 Å². The normalized spacial score (nSPS) is 21.6. The first-order chi connectivity index (χ1) is 22.9. The summed E-state index contributed by atoms with van der Waals surface area (Å²) in [6.07, 6.45) is 4.15. The summed E-state index contributed by atoms with van der Waals surface area (Å²) in [5.41, 5.74) is 5.11. The van der Waals surface area contributed by atoms with Crippen LogP contribution in [-0.4, -0.2) is 55.4 Å². The van der Waals surface area contributed by atoms with Crippen molar-refractivity contribution in [3.63, 3.8) is 0 Å². The largest absolute Gasteiger partial charge is 0.345 e. The minimum atomic E-state index is -0.863. The molecule has 2 aromatic heterocycles. The predicted octanol–water partition coefficient (Wildman–Crippen LogP) is 4.97. The zero-order chi connectivity index (χ0) is 32.4. The highest BCUT2D eigenvalue weighted by molar-refractivity contribution is 6.27. The molecule has 0 aliphatic carbocycles. The summed E-state index contributed by atoms with van der Waals surface area (Å²) < 4.78 is 20.7. The minimum absolute atomic E-state index is 0.0473. The molecular formula is C35H32N6O6. The number of rotatable bonds is 9. The number of hydrogen-bond acceptors (Lipinski definition) is 10. The van der Waals surface area contributed by atoms with E-state index in [0.29, 0.717) is 23.4 Å². The molecule has 7 rings (SSSR count). The molecule has 2 aliphatic heterocycles. The van der Waals surface area contributed by atoms with Gasteiger partial charge in [-0.25, -0.2) is 19.9 Å². The number of carbonyl (C=O) groups is 2. The van der Waals surface area contributed by atoms with Crippen molar-refractivity contribution >= 4 is 28.8 Å². The standard InChI is InChI=1S/C35H32N6O6/c1-35(2)46-28-26(18-19-39-44-20-23-12-6-3-7-13-23)45-34(29(28)47-35)40-22-38-27-30(40)36-21-37-31(27)41(32(42)24-14-8-4-9-15-24)33(43)25-16-10-5-11-17-25/h3-19,21-22,26,28-29,34,39H,20H2,1-2H3/t26-,28-,29-,34-/m1/s1. The first-order valence-corrected chi connectivity index (χ1v) is 15.1. The molecule has 2 saturated heterocycles. The summed E-state index contributed by atoms with van der Waals surface area (Å²) in [5, 5.41) is 0. The van der Waals surface area contributed by atoms with E-state index in [2.05, 4.69) is 20.4 Å². The number of imide groups is 1. The zero-order valence-corrected chi connectivity index (χ0v) is 25.7. The molecule has 1 N–H and O–H groups in total. The summed E-state index contributed by atoms with van der Waals surface area (Å²) in [5.74, 6) is -1.91. The van der Waals surface area contributed by atoms with Gasteiger partial charge < -0.3 is 14.2 Å². The van der Waals surface area contributed by atoms with Gasteiger partial charge in [-0.1, -0.05) is 66.7 Å². The van der Waals surface area contributed by atoms with E-state index in [4.69, 9.17) is 19.0 Å². The van der Waals surface area contributed by atoms with Crippen LogP contribution in [0.2, 0.25) is 0 Å². The van der Waals surface area contributed by atoms with Gasteiger partial charge in [0.25, 0.3) is 11.8 Å². The molecule has 4 atom stereocenters. The molecule has 0 saturated carbocycles. The van der Waals surface area contributed by atoms with Gasteiger partial charge in [-0.05, 0) is 49.8 Å². The number of nitrogens with zero attached hydrogens (tertiary/aromatic N) is 5. The monoisotopic (exact) mass is 632 g/mol. The highest BCUT2D eigenvalue weighted by atomic mass is 16.8. The van der Waals surface area contributed by atoms with Gasteiger partial charge in [0.05, 0.1) is 12.9 Å². The first kappa shape index (κ1) is 30.4. The molecule has 2 fully saturated rings. The lowest BCUT2D eigenvalue weighted by atomic mass is 10.1. The van der Waals surface area contributed by atoms with Crippen molar-refractivity contribution < 1.29 is 28.6 Å². The predicted molar refractivity (Wildman–Crippen MR) is 171 cm³/mol. The van der Waals surface area contributed by atoms with Crippen molar-refractivity contribution in [1.82, 2.24) is 25.0 Å². The third-order valence-electron chi connectivity index (χ3n) is 7.86. The molecule has 2 aliphatic rings. The number of ether oxygens (including phenoxy) is 3. The van der Waals surface area contributed by atoms with Crippen molar-refractivity contribution in [1.29, 1.82) is 0 Å². The number of imidazole rings is 1. The Morgan fingerprint density at radius 1 is 0.872 bits per heavy atom. The third-order valence-corrected chi connectivity index (χ3v) is 7.86. The highest BCUT2D eigenvalue weighted by Crippen LogP contribution is 2.44. The molecule has 4 heterocycles. The number of aromatic nitrogens is 4. The van der Waals surface area contributed by atoms with E-state index in [1.807, 2.05) is 50.3 Å². The van der Waals surface area contributed by atoms with Gasteiger partial charge in [-0.15, -0.1) is 0 Å². The summed E-state index contributed by atoms with van der Waals surface area (Å²) in [6.45, 7) is 4.08. The quantitative estimate of drug-likeness (QED) is 0.135. The van der Waals surface area contributed by atoms with Crippen LogP contribution in [-0.2, 0) is 25.7 Å². The molecule has 12 nitrogen and oxygen atoms in total. The molecule has 0 bridgehead atoms. The Morgan fingerprint density at radius 3 is 2.15 bits per heavy atom. The molecular weight excluding hydrogens is 600 g/mol. The Bertz CT molecular complexity index is 1850. The second-order valence-corrected chi connectivity index (χ2v) is 11.5. The van der Waals surface area contributed by atoms with Crippen LogP contribution in [0.25, 0.3) is 11.2 Å².